The predicted octanol–water partition coefficient (Wildman–Crippen LogP) is 4.82. The number of hydrogen-bond acceptors (Lipinski definition) is 3. The van der Waals surface area contributed by atoms with Crippen molar-refractivity contribution in [1.29, 1.82) is 0 Å². The van der Waals surface area contributed by atoms with Crippen molar-refractivity contribution < 1.29 is 14.7 Å². The van der Waals surface area contributed by atoms with Crippen LogP contribution >= 0.6 is 0 Å². The number of carboxylic acid groups (broad SMARTS) is 1. The molecule has 1 aliphatic rings. The molecule has 0 saturated heterocycles. The Labute approximate surface area is 191 Å². The van der Waals surface area contributed by atoms with E-state index in [0.717, 1.165) is 37.3 Å². The van der Waals surface area contributed by atoms with Gasteiger partial charge in [0.15, 0.2) is 0 Å². The van der Waals surface area contributed by atoms with Gasteiger partial charge in [-0.1, -0.05) is 68.5 Å². The van der Waals surface area contributed by atoms with Crippen LogP contribution in [0.15, 0.2) is 42.5 Å². The first kappa shape index (κ1) is 24.1. The van der Waals surface area contributed by atoms with Crippen LogP contribution in [-0.4, -0.2) is 36.2 Å². The van der Waals surface area contributed by atoms with Gasteiger partial charge in [0, 0.05) is 19.6 Å². The van der Waals surface area contributed by atoms with Crippen molar-refractivity contribution in [2.75, 3.05) is 13.1 Å². The molecular formula is C26H37N3O3. The van der Waals surface area contributed by atoms with E-state index in [9.17, 15) is 9.59 Å². The highest BCUT2D eigenvalue weighted by Gasteiger charge is 2.19. The Morgan fingerprint density at radius 2 is 1.72 bits per heavy atom. The number of nitrogens with one attached hydrogen (secondary N) is 3. The van der Waals surface area contributed by atoms with Crippen LogP contribution in [-0.2, 0) is 11.3 Å². The van der Waals surface area contributed by atoms with Crippen molar-refractivity contribution in [3.05, 3.63) is 48.0 Å². The molecular weight excluding hydrogens is 402 g/mol. The largest absolute Gasteiger partial charge is 0.465 e. The summed E-state index contributed by atoms with van der Waals surface area (Å²) in [6, 6.07) is 14.4. The third kappa shape index (κ3) is 8.15. The Kier molecular flexibility index (Phi) is 9.82. The van der Waals surface area contributed by atoms with Crippen molar-refractivity contribution in [2.24, 2.45) is 5.92 Å². The lowest BCUT2D eigenvalue weighted by Crippen LogP contribution is -2.44. The average Bonchev–Trinajstić information content (AvgIpc) is 2.81. The van der Waals surface area contributed by atoms with Gasteiger partial charge in [0.2, 0.25) is 5.91 Å². The molecule has 0 radical (unpaired) electrons. The fourth-order valence-electron chi connectivity index (χ4n) is 4.58. The number of hydrogen-bond donors (Lipinski definition) is 4. The van der Waals surface area contributed by atoms with E-state index in [4.69, 9.17) is 5.11 Å². The standard InChI is InChI=1S/C26H37N3O3/c30-25(27-17-15-20-8-2-1-3-9-20)24(12-6-7-16-28-26(31)32)29-19-21-13-14-22-10-4-5-11-23(22)18-21/h4-5,10-11,13-14,18,20,24,28-29H,1-3,6-9,12,15-17,19H2,(H,27,30)(H,31,32)/t24-/m0/s1. The minimum absolute atomic E-state index is 0.0489. The molecule has 0 bridgehead atoms. The van der Waals surface area contributed by atoms with E-state index in [0.29, 0.717) is 19.5 Å². The zero-order chi connectivity index (χ0) is 22.6. The maximum absolute atomic E-state index is 12.9. The highest BCUT2D eigenvalue weighted by atomic mass is 16.4. The SMILES string of the molecule is O=C(O)NCCCC[C@H](NCc1ccc2ccccc2c1)C(=O)NCCC1CCCCC1. The van der Waals surface area contributed by atoms with E-state index >= 15 is 0 Å². The van der Waals surface area contributed by atoms with Crippen LogP contribution < -0.4 is 16.0 Å². The Bertz CT molecular complexity index is 864. The van der Waals surface area contributed by atoms with Crippen molar-refractivity contribution >= 4 is 22.8 Å². The second-order valence-electron chi connectivity index (χ2n) is 8.93. The number of amides is 2. The van der Waals surface area contributed by atoms with Crippen molar-refractivity contribution in [1.82, 2.24) is 16.0 Å². The van der Waals surface area contributed by atoms with E-state index < -0.39 is 6.09 Å². The van der Waals surface area contributed by atoms with Crippen LogP contribution in [0, 0.1) is 5.92 Å². The molecule has 1 fully saturated rings. The summed E-state index contributed by atoms with van der Waals surface area (Å²) >= 11 is 0. The van der Waals surface area contributed by atoms with E-state index in [1.165, 1.54) is 42.9 Å². The second-order valence-corrected chi connectivity index (χ2v) is 8.93. The minimum atomic E-state index is -1.00. The third-order valence-corrected chi connectivity index (χ3v) is 6.46. The van der Waals surface area contributed by atoms with Crippen molar-refractivity contribution in [2.45, 2.75) is 70.4 Å². The van der Waals surface area contributed by atoms with Crippen molar-refractivity contribution in [3.8, 4) is 0 Å². The smallest absolute Gasteiger partial charge is 0.404 e. The fraction of sp³-hybridized carbons (Fsp3) is 0.538. The molecule has 0 aromatic heterocycles. The van der Waals surface area contributed by atoms with Crippen LogP contribution in [0.3, 0.4) is 0 Å². The summed E-state index contributed by atoms with van der Waals surface area (Å²) in [5, 5.41) is 20.1. The highest BCUT2D eigenvalue weighted by molar-refractivity contribution is 5.83. The molecule has 4 N–H and O–H groups in total. The topological polar surface area (TPSA) is 90.5 Å². The lowest BCUT2D eigenvalue weighted by molar-refractivity contribution is -0.123. The normalized spacial score (nSPS) is 15.4. The van der Waals surface area contributed by atoms with Crippen LogP contribution in [0.4, 0.5) is 4.79 Å². The first-order chi connectivity index (χ1) is 15.6. The van der Waals surface area contributed by atoms with Gasteiger partial charge in [-0.3, -0.25) is 4.79 Å². The maximum Gasteiger partial charge on any atom is 0.404 e. The number of fused-ring (bicyclic) bond motifs is 1. The minimum Gasteiger partial charge on any atom is -0.465 e. The zero-order valence-corrected chi connectivity index (χ0v) is 18.9. The van der Waals surface area contributed by atoms with E-state index in [2.05, 4.69) is 46.3 Å². The molecule has 0 heterocycles. The van der Waals surface area contributed by atoms with Gasteiger partial charge in [-0.15, -0.1) is 0 Å². The highest BCUT2D eigenvalue weighted by Crippen LogP contribution is 2.25. The van der Waals surface area contributed by atoms with Gasteiger partial charge in [-0.2, -0.15) is 0 Å². The summed E-state index contributed by atoms with van der Waals surface area (Å²) in [5.74, 6) is 0.794. The molecule has 6 nitrogen and oxygen atoms in total. The molecule has 0 unspecified atom stereocenters. The number of carbonyl (C=O) groups is 2. The molecule has 1 saturated carbocycles. The van der Waals surface area contributed by atoms with Gasteiger partial charge in [-0.05, 0) is 54.0 Å². The van der Waals surface area contributed by atoms with Gasteiger partial charge < -0.3 is 21.1 Å². The van der Waals surface area contributed by atoms with Gasteiger partial charge in [0.1, 0.15) is 0 Å². The average molecular weight is 440 g/mol. The molecule has 0 aliphatic heterocycles. The van der Waals surface area contributed by atoms with Crippen LogP contribution in [0.5, 0.6) is 0 Å². The van der Waals surface area contributed by atoms with E-state index in [-0.39, 0.29) is 11.9 Å². The molecule has 3 rings (SSSR count). The lowest BCUT2D eigenvalue weighted by atomic mass is 9.87. The molecule has 2 amide bonds. The van der Waals surface area contributed by atoms with Gasteiger partial charge in [0.05, 0.1) is 6.04 Å². The summed E-state index contributed by atoms with van der Waals surface area (Å²) in [5.41, 5.74) is 1.15. The Hall–Kier alpha value is -2.60. The summed E-state index contributed by atoms with van der Waals surface area (Å²) in [7, 11) is 0. The Morgan fingerprint density at radius 1 is 0.938 bits per heavy atom. The lowest BCUT2D eigenvalue weighted by Gasteiger charge is -2.23. The van der Waals surface area contributed by atoms with Gasteiger partial charge >= 0.3 is 6.09 Å². The molecule has 1 aliphatic carbocycles. The fourth-order valence-corrected chi connectivity index (χ4v) is 4.58. The Balaban J connectivity index is 1.50. The molecule has 2 aromatic rings. The van der Waals surface area contributed by atoms with Crippen LogP contribution in [0.1, 0.15) is 63.4 Å². The van der Waals surface area contributed by atoms with E-state index in [1.54, 1.807) is 0 Å². The molecule has 2 aromatic carbocycles. The monoisotopic (exact) mass is 439 g/mol. The summed E-state index contributed by atoms with van der Waals surface area (Å²) < 4.78 is 0. The number of carbonyl (C=O) groups excluding carboxylic acids is 1. The molecule has 32 heavy (non-hydrogen) atoms. The number of rotatable bonds is 12. The third-order valence-electron chi connectivity index (χ3n) is 6.46. The van der Waals surface area contributed by atoms with Crippen LogP contribution in [0.2, 0.25) is 0 Å². The molecule has 0 spiro atoms. The molecule has 1 atom stereocenters. The maximum atomic E-state index is 12.9. The first-order valence-electron chi connectivity index (χ1n) is 12.1. The number of benzene rings is 2. The molecule has 6 heteroatoms. The summed E-state index contributed by atoms with van der Waals surface area (Å²) in [6.45, 7) is 1.77. The second kappa shape index (κ2) is 13.1. The van der Waals surface area contributed by atoms with Gasteiger partial charge in [-0.25, -0.2) is 4.79 Å². The Morgan fingerprint density at radius 3 is 2.50 bits per heavy atom. The van der Waals surface area contributed by atoms with Gasteiger partial charge in [0.25, 0.3) is 0 Å². The van der Waals surface area contributed by atoms with Crippen LogP contribution in [0.25, 0.3) is 10.8 Å². The van der Waals surface area contributed by atoms with E-state index in [1.807, 2.05) is 12.1 Å². The first-order valence-corrected chi connectivity index (χ1v) is 12.1. The van der Waals surface area contributed by atoms with Crippen molar-refractivity contribution in [3.63, 3.8) is 0 Å². The predicted molar refractivity (Wildman–Crippen MR) is 129 cm³/mol. The quantitative estimate of drug-likeness (QED) is 0.357. The number of unbranched alkanes of at least 4 members (excludes halogenated alkanes) is 1. The summed E-state index contributed by atoms with van der Waals surface area (Å²) in [4.78, 5) is 23.5. The zero-order valence-electron chi connectivity index (χ0n) is 18.9. The molecule has 174 valence electrons. The summed E-state index contributed by atoms with van der Waals surface area (Å²) in [6.07, 6.45) is 8.80.